The van der Waals surface area contributed by atoms with Gasteiger partial charge in [0.2, 0.25) is 11.8 Å². The van der Waals surface area contributed by atoms with Crippen molar-refractivity contribution in [3.05, 3.63) is 101 Å². The Morgan fingerprint density at radius 3 is 2.14 bits per heavy atom. The van der Waals surface area contributed by atoms with Crippen LogP contribution in [0.3, 0.4) is 0 Å². The van der Waals surface area contributed by atoms with Crippen molar-refractivity contribution in [3.8, 4) is 0 Å². The number of amides is 2. The minimum absolute atomic E-state index is 0.0910. The number of nitrogens with zero attached hydrogens (tertiary/aromatic N) is 3. The van der Waals surface area contributed by atoms with E-state index in [1.165, 1.54) is 19.0 Å². The molecule has 3 aromatic rings. The molecule has 0 aliphatic heterocycles. The van der Waals surface area contributed by atoms with Crippen LogP contribution in [-0.4, -0.2) is 62.2 Å². The van der Waals surface area contributed by atoms with Crippen molar-refractivity contribution in [1.29, 1.82) is 0 Å². The van der Waals surface area contributed by atoms with E-state index in [-0.39, 0.29) is 24.9 Å². The summed E-state index contributed by atoms with van der Waals surface area (Å²) in [6.45, 7) is 9.27. The predicted molar refractivity (Wildman–Crippen MR) is 169 cm³/mol. The molecule has 0 aliphatic rings. The maximum absolute atomic E-state index is 14.4. The molecule has 42 heavy (non-hydrogen) atoms. The Kier molecular flexibility index (Phi) is 11.3. The third kappa shape index (κ3) is 8.20. The highest BCUT2D eigenvalue weighted by atomic mass is 32.2. The van der Waals surface area contributed by atoms with Crippen molar-refractivity contribution < 1.29 is 18.0 Å². The first-order chi connectivity index (χ1) is 19.8. The summed E-state index contributed by atoms with van der Waals surface area (Å²) < 4.78 is 29.5. The second kappa shape index (κ2) is 14.5. The molecule has 226 valence electrons. The molecule has 0 radical (unpaired) electrons. The molecule has 0 spiro atoms. The van der Waals surface area contributed by atoms with Gasteiger partial charge in [0, 0.05) is 33.1 Å². The van der Waals surface area contributed by atoms with Gasteiger partial charge in [0.25, 0.3) is 0 Å². The van der Waals surface area contributed by atoms with Crippen LogP contribution in [0.1, 0.15) is 48.1 Å². The van der Waals surface area contributed by atoms with Gasteiger partial charge in [0.05, 0.1) is 5.69 Å². The zero-order valence-electron chi connectivity index (χ0n) is 25.8. The summed E-state index contributed by atoms with van der Waals surface area (Å²) in [5, 5.41) is 3.06. The third-order valence-electron chi connectivity index (χ3n) is 7.53. The average Bonchev–Trinajstić information content (AvgIpc) is 2.96. The highest BCUT2D eigenvalue weighted by Crippen LogP contribution is 2.26. The predicted octanol–water partition coefficient (Wildman–Crippen LogP) is 4.78. The van der Waals surface area contributed by atoms with E-state index in [0.29, 0.717) is 5.69 Å². The van der Waals surface area contributed by atoms with Gasteiger partial charge < -0.3 is 10.2 Å². The van der Waals surface area contributed by atoms with Gasteiger partial charge in [0.15, 0.2) is 0 Å². The Labute approximate surface area is 251 Å². The van der Waals surface area contributed by atoms with Gasteiger partial charge in [-0.05, 0) is 68.0 Å². The maximum Gasteiger partial charge on any atom is 0.304 e. The highest BCUT2D eigenvalue weighted by Gasteiger charge is 2.35. The molecule has 1 N–H and O–H groups in total. The zero-order valence-corrected chi connectivity index (χ0v) is 26.6. The topological polar surface area (TPSA) is 90.0 Å². The lowest BCUT2D eigenvalue weighted by Gasteiger charge is -2.35. The van der Waals surface area contributed by atoms with Gasteiger partial charge in [-0.15, -0.1) is 0 Å². The molecule has 3 rings (SSSR count). The highest BCUT2D eigenvalue weighted by molar-refractivity contribution is 7.90. The molecule has 8 nitrogen and oxygen atoms in total. The molecule has 2 atom stereocenters. The summed E-state index contributed by atoms with van der Waals surface area (Å²) in [7, 11) is -1.16. The van der Waals surface area contributed by atoms with E-state index in [1.807, 2.05) is 101 Å². The van der Waals surface area contributed by atoms with Gasteiger partial charge in [-0.1, -0.05) is 73.7 Å². The summed E-state index contributed by atoms with van der Waals surface area (Å²) >= 11 is 0. The Balaban J connectivity index is 2.14. The molecule has 0 aromatic heterocycles. The number of aryl methyl sites for hydroxylation is 3. The number of rotatable bonds is 13. The van der Waals surface area contributed by atoms with Crippen LogP contribution in [0, 0.1) is 20.8 Å². The zero-order chi connectivity index (χ0) is 31.0. The Bertz CT molecular complexity index is 1470. The quantitative estimate of drug-likeness (QED) is 0.309. The number of carbonyl (C=O) groups excluding carboxylic acids is 2. The fourth-order valence-electron chi connectivity index (χ4n) is 4.66. The fourth-order valence-corrected chi connectivity index (χ4v) is 5.77. The lowest BCUT2D eigenvalue weighted by molar-refractivity contribution is -0.140. The van der Waals surface area contributed by atoms with Crippen molar-refractivity contribution in [3.63, 3.8) is 0 Å². The second-order valence-corrected chi connectivity index (χ2v) is 13.1. The SMILES string of the molecule is CC[C@@H](C)NC(=O)[C@H](Cc1ccccc1)N(Cc1ccccc1C)C(=O)CN(c1cc(C)ccc1C)S(=O)(=O)N(C)C. The van der Waals surface area contributed by atoms with Crippen LogP contribution in [0.2, 0.25) is 0 Å². The summed E-state index contributed by atoms with van der Waals surface area (Å²) in [6, 6.07) is 21.8. The van der Waals surface area contributed by atoms with E-state index in [9.17, 15) is 18.0 Å². The molecule has 3 aromatic carbocycles. The fraction of sp³-hybridized carbons (Fsp3) is 0.394. The van der Waals surface area contributed by atoms with Crippen molar-refractivity contribution in [1.82, 2.24) is 14.5 Å². The summed E-state index contributed by atoms with van der Waals surface area (Å²) in [4.78, 5) is 29.8. The van der Waals surface area contributed by atoms with Crippen LogP contribution in [0.4, 0.5) is 5.69 Å². The molecule has 0 heterocycles. The summed E-state index contributed by atoms with van der Waals surface area (Å²) in [6.07, 6.45) is 1.02. The first-order valence-electron chi connectivity index (χ1n) is 14.3. The summed E-state index contributed by atoms with van der Waals surface area (Å²) in [5.41, 5.74) is 4.78. The first-order valence-corrected chi connectivity index (χ1v) is 15.7. The molecule has 0 fully saturated rings. The van der Waals surface area contributed by atoms with Crippen LogP contribution in [0.25, 0.3) is 0 Å². The Hall–Kier alpha value is -3.69. The molecule has 9 heteroatoms. The smallest absolute Gasteiger partial charge is 0.304 e. The van der Waals surface area contributed by atoms with Crippen LogP contribution >= 0.6 is 0 Å². The molecule has 0 saturated heterocycles. The lowest BCUT2D eigenvalue weighted by Crippen LogP contribution is -2.55. The molecule has 2 amide bonds. The van der Waals surface area contributed by atoms with E-state index in [0.717, 1.165) is 42.8 Å². The molecule has 0 unspecified atom stereocenters. The van der Waals surface area contributed by atoms with Crippen molar-refractivity contribution in [2.24, 2.45) is 0 Å². The third-order valence-corrected chi connectivity index (χ3v) is 9.33. The number of benzene rings is 3. The maximum atomic E-state index is 14.4. The minimum Gasteiger partial charge on any atom is -0.352 e. The van der Waals surface area contributed by atoms with E-state index in [4.69, 9.17) is 0 Å². The number of hydrogen-bond acceptors (Lipinski definition) is 4. The van der Waals surface area contributed by atoms with E-state index >= 15 is 0 Å². The summed E-state index contributed by atoms with van der Waals surface area (Å²) in [5.74, 6) is -0.742. The molecule has 0 bridgehead atoms. The van der Waals surface area contributed by atoms with E-state index in [1.54, 1.807) is 6.07 Å². The van der Waals surface area contributed by atoms with E-state index < -0.39 is 28.7 Å². The number of hydrogen-bond donors (Lipinski definition) is 1. The monoisotopic (exact) mass is 592 g/mol. The lowest BCUT2D eigenvalue weighted by atomic mass is 10.0. The normalized spacial score (nSPS) is 13.0. The molecule has 0 saturated carbocycles. The number of carbonyl (C=O) groups is 2. The van der Waals surface area contributed by atoms with Gasteiger partial charge in [-0.3, -0.25) is 9.59 Å². The van der Waals surface area contributed by atoms with Crippen LogP contribution in [0.15, 0.2) is 72.8 Å². The Morgan fingerprint density at radius 2 is 1.52 bits per heavy atom. The van der Waals surface area contributed by atoms with Crippen LogP contribution in [0.5, 0.6) is 0 Å². The van der Waals surface area contributed by atoms with Crippen molar-refractivity contribution >= 4 is 27.7 Å². The van der Waals surface area contributed by atoms with Gasteiger partial charge in [0.1, 0.15) is 12.6 Å². The van der Waals surface area contributed by atoms with Crippen molar-refractivity contribution in [2.75, 3.05) is 24.9 Å². The van der Waals surface area contributed by atoms with Crippen LogP contribution in [-0.2, 0) is 32.8 Å². The minimum atomic E-state index is -4.05. The largest absolute Gasteiger partial charge is 0.352 e. The Morgan fingerprint density at radius 1 is 0.881 bits per heavy atom. The van der Waals surface area contributed by atoms with E-state index in [2.05, 4.69) is 5.32 Å². The van der Waals surface area contributed by atoms with Crippen molar-refractivity contribution in [2.45, 2.75) is 66.1 Å². The average molecular weight is 593 g/mol. The first kappa shape index (κ1) is 32.8. The molecular formula is C33H44N4O4S. The standard InChI is InChI=1S/C33H44N4O4S/c1-8-27(5)34-33(39)31(21-28-15-10-9-11-16-28)36(22-29-17-13-12-14-25(29)3)32(38)23-37(42(40,41)35(6)7)30-20-24(2)18-19-26(30)4/h9-20,27,31H,8,21-23H2,1-7H3,(H,34,39)/t27-,31+/m1/s1. The van der Waals surface area contributed by atoms with Gasteiger partial charge in [-0.25, -0.2) is 4.31 Å². The number of anilines is 1. The molecule has 0 aliphatic carbocycles. The molecular weight excluding hydrogens is 548 g/mol. The van der Waals surface area contributed by atoms with Gasteiger partial charge in [-0.2, -0.15) is 12.7 Å². The number of nitrogens with one attached hydrogen (secondary N) is 1. The second-order valence-electron chi connectivity index (χ2n) is 11.1. The van der Waals surface area contributed by atoms with Crippen LogP contribution < -0.4 is 9.62 Å². The van der Waals surface area contributed by atoms with Gasteiger partial charge >= 0.3 is 10.2 Å².